The number of carbonyl (C=O) groups is 1. The summed E-state index contributed by atoms with van der Waals surface area (Å²) in [5, 5.41) is 0.160. The van der Waals surface area contributed by atoms with Gasteiger partial charge in [0.15, 0.2) is 5.65 Å². The lowest BCUT2D eigenvalue weighted by Crippen LogP contribution is -2.34. The molecule has 7 nitrogen and oxygen atoms in total. The fourth-order valence-corrected chi connectivity index (χ4v) is 3.72. The predicted molar refractivity (Wildman–Crippen MR) is 127 cm³/mol. The number of aromatic nitrogens is 3. The van der Waals surface area contributed by atoms with Crippen LogP contribution in [0.4, 0.5) is 0 Å². The van der Waals surface area contributed by atoms with Crippen LogP contribution in [-0.2, 0) is 19.5 Å². The van der Waals surface area contributed by atoms with Crippen LogP contribution in [0.3, 0.4) is 0 Å². The number of rotatable bonds is 7. The third-order valence-corrected chi connectivity index (χ3v) is 5.54. The van der Waals surface area contributed by atoms with Crippen LogP contribution < -0.4 is 11.2 Å². The monoisotopic (exact) mass is 436 g/mol. The van der Waals surface area contributed by atoms with E-state index in [0.717, 1.165) is 12.0 Å². The number of nitrogens with one attached hydrogen (secondary N) is 1. The van der Waals surface area contributed by atoms with Crippen molar-refractivity contribution in [1.82, 2.24) is 19.4 Å². The molecule has 0 saturated carbocycles. The molecule has 0 saturated heterocycles. The quantitative estimate of drug-likeness (QED) is 0.612. The number of aromatic amines is 1. The Bertz CT molecular complexity index is 1240. The smallest absolute Gasteiger partial charge is 0.330 e. The first kappa shape index (κ1) is 23.4. The summed E-state index contributed by atoms with van der Waals surface area (Å²) in [7, 11) is 1.72. The average Bonchev–Trinajstić information content (AvgIpc) is 2.75. The van der Waals surface area contributed by atoms with E-state index in [2.05, 4.69) is 29.0 Å². The van der Waals surface area contributed by atoms with Crippen LogP contribution >= 0.6 is 0 Å². The highest BCUT2D eigenvalue weighted by Crippen LogP contribution is 2.22. The molecule has 0 atom stereocenters. The molecular weight excluding hydrogens is 404 g/mol. The average molecular weight is 437 g/mol. The van der Waals surface area contributed by atoms with E-state index in [9.17, 15) is 14.4 Å². The number of amides is 1. The van der Waals surface area contributed by atoms with Gasteiger partial charge in [-0.2, -0.15) is 0 Å². The Morgan fingerprint density at radius 2 is 1.72 bits per heavy atom. The molecule has 0 spiro atoms. The molecule has 0 bridgehead atoms. The van der Waals surface area contributed by atoms with Crippen molar-refractivity contribution in [1.29, 1.82) is 0 Å². The largest absolute Gasteiger partial charge is 0.337 e. The molecule has 1 N–H and O–H groups in total. The molecular formula is C25H32N4O3. The number of H-pyrrole nitrogens is 1. The maximum absolute atomic E-state index is 13.5. The van der Waals surface area contributed by atoms with E-state index in [0.29, 0.717) is 18.8 Å². The topological polar surface area (TPSA) is 88.1 Å². The zero-order chi connectivity index (χ0) is 23.6. The zero-order valence-electron chi connectivity index (χ0n) is 19.7. The second kappa shape index (κ2) is 9.51. The number of carbonyl (C=O) groups excluding carboxylic acids is 1. The highest BCUT2D eigenvalue weighted by atomic mass is 16.2. The summed E-state index contributed by atoms with van der Waals surface area (Å²) in [6, 6.07) is 9.83. The third kappa shape index (κ3) is 4.82. The first-order chi connectivity index (χ1) is 15.1. The molecule has 0 aliphatic rings. The Morgan fingerprint density at radius 1 is 1.09 bits per heavy atom. The molecule has 0 fully saturated rings. The van der Waals surface area contributed by atoms with Crippen LogP contribution in [-0.4, -0.2) is 32.4 Å². The highest BCUT2D eigenvalue weighted by molar-refractivity contribution is 6.05. The summed E-state index contributed by atoms with van der Waals surface area (Å²) in [5.74, 6) is -0.0851. The molecule has 2 aromatic heterocycles. The fraction of sp³-hybridized carbons (Fsp3) is 0.440. The molecule has 0 aliphatic carbocycles. The van der Waals surface area contributed by atoms with Crippen LogP contribution in [0, 0.1) is 5.92 Å². The lowest BCUT2D eigenvalue weighted by Gasteiger charge is -2.20. The van der Waals surface area contributed by atoms with Crippen LogP contribution in [0.5, 0.6) is 0 Å². The van der Waals surface area contributed by atoms with Gasteiger partial charge in [0.25, 0.3) is 11.5 Å². The first-order valence-corrected chi connectivity index (χ1v) is 11.1. The van der Waals surface area contributed by atoms with Crippen molar-refractivity contribution >= 4 is 16.9 Å². The van der Waals surface area contributed by atoms with Gasteiger partial charge in [0, 0.05) is 25.8 Å². The van der Waals surface area contributed by atoms with Gasteiger partial charge in [-0.15, -0.1) is 0 Å². The van der Waals surface area contributed by atoms with E-state index in [1.165, 1.54) is 10.1 Å². The van der Waals surface area contributed by atoms with Gasteiger partial charge in [0.05, 0.1) is 10.9 Å². The van der Waals surface area contributed by atoms with E-state index < -0.39 is 11.2 Å². The summed E-state index contributed by atoms with van der Waals surface area (Å²) >= 11 is 0. The highest BCUT2D eigenvalue weighted by Gasteiger charge is 2.23. The number of fused-ring (bicyclic) bond motifs is 1. The van der Waals surface area contributed by atoms with Crippen molar-refractivity contribution in [2.45, 2.75) is 60.0 Å². The predicted octanol–water partition coefficient (Wildman–Crippen LogP) is 3.70. The van der Waals surface area contributed by atoms with E-state index in [1.54, 1.807) is 18.0 Å². The number of aryl methyl sites for hydroxylation is 1. The van der Waals surface area contributed by atoms with Gasteiger partial charge in [0.2, 0.25) is 0 Å². The molecule has 2 heterocycles. The van der Waals surface area contributed by atoms with Crippen LogP contribution in [0.1, 0.15) is 67.7 Å². The van der Waals surface area contributed by atoms with E-state index in [4.69, 9.17) is 0 Å². The van der Waals surface area contributed by atoms with Crippen molar-refractivity contribution in [2.24, 2.45) is 5.92 Å². The first-order valence-electron chi connectivity index (χ1n) is 11.1. The number of nitrogens with zero attached hydrogens (tertiary/aromatic N) is 3. The molecule has 7 heteroatoms. The minimum atomic E-state index is -0.586. The molecule has 1 amide bonds. The number of pyridine rings is 1. The van der Waals surface area contributed by atoms with E-state index >= 15 is 0 Å². The minimum absolute atomic E-state index is 0.0275. The molecule has 3 aromatic rings. The maximum atomic E-state index is 13.5. The Morgan fingerprint density at radius 3 is 2.28 bits per heavy atom. The van der Waals surface area contributed by atoms with Gasteiger partial charge in [-0.3, -0.25) is 19.1 Å². The van der Waals surface area contributed by atoms with Gasteiger partial charge < -0.3 is 4.90 Å². The standard InChI is InChI=1S/C25H32N4O3/c1-7-17-8-10-18(11-9-17)14-28(6)24(31)19-12-20(16(4)5)26-22-21(19)23(30)27-25(32)29(22)13-15(2)3/h8-12,15-16H,7,13-14H2,1-6H3,(H,27,30,32). The Balaban J connectivity index is 2.14. The zero-order valence-corrected chi connectivity index (χ0v) is 19.7. The molecule has 0 aliphatic heterocycles. The van der Waals surface area contributed by atoms with Crippen molar-refractivity contribution in [3.63, 3.8) is 0 Å². The van der Waals surface area contributed by atoms with Gasteiger partial charge in [-0.25, -0.2) is 9.78 Å². The van der Waals surface area contributed by atoms with Crippen molar-refractivity contribution in [3.8, 4) is 0 Å². The lowest BCUT2D eigenvalue weighted by atomic mass is 10.0. The van der Waals surface area contributed by atoms with Crippen molar-refractivity contribution in [2.75, 3.05) is 7.05 Å². The molecule has 3 rings (SSSR count). The summed E-state index contributed by atoms with van der Waals surface area (Å²) < 4.78 is 1.47. The van der Waals surface area contributed by atoms with Crippen LogP contribution in [0.2, 0.25) is 0 Å². The van der Waals surface area contributed by atoms with E-state index in [-0.39, 0.29) is 34.3 Å². The molecule has 0 radical (unpaired) electrons. The SMILES string of the molecule is CCc1ccc(CN(C)C(=O)c2cc(C(C)C)nc3c2c(=O)[nH]c(=O)n3CC(C)C)cc1. The van der Waals surface area contributed by atoms with Gasteiger partial charge in [-0.05, 0) is 35.4 Å². The van der Waals surface area contributed by atoms with Gasteiger partial charge in [0.1, 0.15) is 0 Å². The van der Waals surface area contributed by atoms with Gasteiger partial charge >= 0.3 is 5.69 Å². The normalized spacial score (nSPS) is 11.5. The Hall–Kier alpha value is -3.22. The van der Waals surface area contributed by atoms with E-state index in [1.807, 2.05) is 39.8 Å². The van der Waals surface area contributed by atoms with Crippen LogP contribution in [0.25, 0.3) is 11.0 Å². The Kier molecular flexibility index (Phi) is 6.96. The summed E-state index contributed by atoms with van der Waals surface area (Å²) in [5.41, 5.74) is 2.35. The van der Waals surface area contributed by atoms with Crippen molar-refractivity contribution in [3.05, 3.63) is 73.6 Å². The maximum Gasteiger partial charge on any atom is 0.330 e. The third-order valence-electron chi connectivity index (χ3n) is 5.54. The second-order valence-electron chi connectivity index (χ2n) is 9.04. The lowest BCUT2D eigenvalue weighted by molar-refractivity contribution is 0.0786. The number of hydrogen-bond acceptors (Lipinski definition) is 4. The number of hydrogen-bond donors (Lipinski definition) is 1. The fourth-order valence-electron chi connectivity index (χ4n) is 3.72. The Labute approximate surface area is 188 Å². The molecule has 0 unspecified atom stereocenters. The molecule has 170 valence electrons. The summed E-state index contributed by atoms with van der Waals surface area (Å²) in [4.78, 5) is 47.5. The van der Waals surface area contributed by atoms with Crippen molar-refractivity contribution < 1.29 is 4.79 Å². The second-order valence-corrected chi connectivity index (χ2v) is 9.04. The van der Waals surface area contributed by atoms with Crippen LogP contribution in [0.15, 0.2) is 39.9 Å². The van der Waals surface area contributed by atoms with Gasteiger partial charge in [-0.1, -0.05) is 58.9 Å². The minimum Gasteiger partial charge on any atom is -0.337 e. The molecule has 32 heavy (non-hydrogen) atoms. The molecule has 1 aromatic carbocycles. The summed E-state index contributed by atoms with van der Waals surface area (Å²) in [6.45, 7) is 10.8. The summed E-state index contributed by atoms with van der Waals surface area (Å²) in [6.07, 6.45) is 0.955. The number of benzene rings is 1.